The van der Waals surface area contributed by atoms with Crippen LogP contribution in [0.4, 0.5) is 21.5 Å². The number of anilines is 2. The molecule has 0 radical (unpaired) electrons. The normalized spacial score (nSPS) is 10.7. The molecule has 2 N–H and O–H groups in total. The van der Waals surface area contributed by atoms with Crippen LogP contribution in [-0.2, 0) is 0 Å². The lowest BCUT2D eigenvalue weighted by atomic mass is 10.1. The SMILES string of the molecule is O=C(O)c1cnc2c(Cl)cc([N+](=O)[O-])cc2c1Nc1ccc(F)c(Cl)c1. The van der Waals surface area contributed by atoms with Gasteiger partial charge >= 0.3 is 5.97 Å². The van der Waals surface area contributed by atoms with Gasteiger partial charge in [0.1, 0.15) is 11.4 Å². The van der Waals surface area contributed by atoms with Gasteiger partial charge in [-0.2, -0.15) is 0 Å². The van der Waals surface area contributed by atoms with Gasteiger partial charge in [0.2, 0.25) is 0 Å². The number of aromatic carboxylic acids is 1. The maximum Gasteiger partial charge on any atom is 0.339 e. The van der Waals surface area contributed by atoms with Gasteiger partial charge in [0.05, 0.1) is 26.2 Å². The molecule has 0 spiro atoms. The van der Waals surface area contributed by atoms with Crippen LogP contribution in [0.2, 0.25) is 10.0 Å². The predicted molar refractivity (Wildman–Crippen MR) is 95.1 cm³/mol. The second-order valence-electron chi connectivity index (χ2n) is 5.19. The molecule has 132 valence electrons. The predicted octanol–water partition coefficient (Wildman–Crippen LogP) is 5.03. The van der Waals surface area contributed by atoms with Gasteiger partial charge in [-0.15, -0.1) is 0 Å². The summed E-state index contributed by atoms with van der Waals surface area (Å²) in [6.45, 7) is 0. The van der Waals surface area contributed by atoms with E-state index in [1.807, 2.05) is 0 Å². The standard InChI is InChI=1S/C16H8Cl2FN3O4/c17-11-3-7(1-2-13(11)19)21-14-9-4-8(22(25)26)5-12(18)15(9)20-6-10(14)16(23)24/h1-6H,(H,20,21)(H,23,24). The van der Waals surface area contributed by atoms with E-state index in [9.17, 15) is 24.4 Å². The first-order chi connectivity index (χ1) is 12.3. The lowest BCUT2D eigenvalue weighted by Crippen LogP contribution is -2.05. The van der Waals surface area contributed by atoms with Crippen molar-refractivity contribution in [2.75, 3.05) is 5.32 Å². The van der Waals surface area contributed by atoms with Crippen molar-refractivity contribution >= 4 is 57.1 Å². The van der Waals surface area contributed by atoms with E-state index >= 15 is 0 Å². The number of rotatable bonds is 4. The van der Waals surface area contributed by atoms with E-state index in [4.69, 9.17) is 23.2 Å². The molecule has 0 aliphatic rings. The molecule has 1 aromatic heterocycles. The largest absolute Gasteiger partial charge is 0.478 e. The van der Waals surface area contributed by atoms with Crippen LogP contribution in [0.25, 0.3) is 10.9 Å². The first kappa shape index (κ1) is 17.8. The van der Waals surface area contributed by atoms with Crippen LogP contribution in [0.3, 0.4) is 0 Å². The van der Waals surface area contributed by atoms with Gasteiger partial charge in [0.15, 0.2) is 0 Å². The number of carbonyl (C=O) groups is 1. The van der Waals surface area contributed by atoms with Gasteiger partial charge in [-0.1, -0.05) is 23.2 Å². The zero-order valence-electron chi connectivity index (χ0n) is 12.7. The van der Waals surface area contributed by atoms with Crippen LogP contribution >= 0.6 is 23.2 Å². The highest BCUT2D eigenvalue weighted by Crippen LogP contribution is 2.36. The number of carboxylic acid groups (broad SMARTS) is 1. The number of nitro groups is 1. The molecule has 3 aromatic rings. The Morgan fingerprint density at radius 2 is 1.96 bits per heavy atom. The summed E-state index contributed by atoms with van der Waals surface area (Å²) in [4.78, 5) is 26.0. The molecular weight excluding hydrogens is 388 g/mol. The third-order valence-electron chi connectivity index (χ3n) is 3.54. The number of nitrogens with one attached hydrogen (secondary N) is 1. The minimum Gasteiger partial charge on any atom is -0.478 e. The minimum atomic E-state index is -1.31. The number of non-ortho nitro benzene ring substituents is 1. The van der Waals surface area contributed by atoms with Crippen molar-refractivity contribution in [1.82, 2.24) is 4.98 Å². The Bertz CT molecular complexity index is 1080. The number of hydrogen-bond donors (Lipinski definition) is 2. The van der Waals surface area contributed by atoms with E-state index in [0.717, 1.165) is 24.4 Å². The van der Waals surface area contributed by atoms with Crippen LogP contribution in [0.5, 0.6) is 0 Å². The van der Waals surface area contributed by atoms with Crippen LogP contribution in [0, 0.1) is 15.9 Å². The number of halogens is 3. The molecule has 2 aromatic carbocycles. The summed E-state index contributed by atoms with van der Waals surface area (Å²) >= 11 is 11.8. The van der Waals surface area contributed by atoms with E-state index in [1.54, 1.807) is 0 Å². The quantitative estimate of drug-likeness (QED) is 0.473. The molecular formula is C16H8Cl2FN3O4. The Labute approximate surface area is 155 Å². The van der Waals surface area contributed by atoms with Crippen molar-refractivity contribution in [3.05, 3.63) is 68.1 Å². The highest BCUT2D eigenvalue weighted by Gasteiger charge is 2.20. The first-order valence-electron chi connectivity index (χ1n) is 7.00. The van der Waals surface area contributed by atoms with Crippen molar-refractivity contribution in [2.45, 2.75) is 0 Å². The van der Waals surface area contributed by atoms with Crippen molar-refractivity contribution in [1.29, 1.82) is 0 Å². The van der Waals surface area contributed by atoms with Gasteiger partial charge in [-0.3, -0.25) is 15.1 Å². The van der Waals surface area contributed by atoms with Crippen molar-refractivity contribution < 1.29 is 19.2 Å². The van der Waals surface area contributed by atoms with Crippen molar-refractivity contribution in [3.8, 4) is 0 Å². The molecule has 3 rings (SSSR count). The fourth-order valence-corrected chi connectivity index (χ4v) is 2.81. The van der Waals surface area contributed by atoms with E-state index in [-0.39, 0.29) is 43.6 Å². The van der Waals surface area contributed by atoms with Gasteiger partial charge in [0, 0.05) is 29.4 Å². The van der Waals surface area contributed by atoms with Gasteiger partial charge < -0.3 is 10.4 Å². The molecule has 0 unspecified atom stereocenters. The number of benzene rings is 2. The maximum absolute atomic E-state index is 13.3. The summed E-state index contributed by atoms with van der Waals surface area (Å²) in [6.07, 6.45) is 1.08. The Hall–Kier alpha value is -2.97. The number of fused-ring (bicyclic) bond motifs is 1. The van der Waals surface area contributed by atoms with Gasteiger partial charge in [-0.05, 0) is 18.2 Å². The molecule has 26 heavy (non-hydrogen) atoms. The Balaban J connectivity index is 2.28. The molecule has 0 aliphatic carbocycles. The first-order valence-corrected chi connectivity index (χ1v) is 7.75. The average Bonchev–Trinajstić information content (AvgIpc) is 2.58. The second kappa shape index (κ2) is 6.74. The van der Waals surface area contributed by atoms with Crippen LogP contribution in [-0.4, -0.2) is 21.0 Å². The van der Waals surface area contributed by atoms with E-state index < -0.39 is 16.7 Å². The lowest BCUT2D eigenvalue weighted by molar-refractivity contribution is -0.384. The third-order valence-corrected chi connectivity index (χ3v) is 4.12. The van der Waals surface area contributed by atoms with E-state index in [1.165, 1.54) is 12.1 Å². The van der Waals surface area contributed by atoms with Gasteiger partial charge in [0.25, 0.3) is 5.69 Å². The molecule has 0 aliphatic heterocycles. The monoisotopic (exact) mass is 395 g/mol. The number of hydrogen-bond acceptors (Lipinski definition) is 5. The summed E-state index contributed by atoms with van der Waals surface area (Å²) in [5.74, 6) is -1.95. The Morgan fingerprint density at radius 1 is 1.23 bits per heavy atom. The van der Waals surface area contributed by atoms with Gasteiger partial charge in [-0.25, -0.2) is 9.18 Å². The highest BCUT2D eigenvalue weighted by molar-refractivity contribution is 6.36. The number of nitrogens with zero attached hydrogens (tertiary/aromatic N) is 2. The van der Waals surface area contributed by atoms with Crippen LogP contribution in [0.1, 0.15) is 10.4 Å². The molecule has 0 saturated heterocycles. The average molecular weight is 396 g/mol. The smallest absolute Gasteiger partial charge is 0.339 e. The zero-order chi connectivity index (χ0) is 19.0. The molecule has 0 atom stereocenters. The fourth-order valence-electron chi connectivity index (χ4n) is 2.37. The van der Waals surface area contributed by atoms with Crippen LogP contribution in [0.15, 0.2) is 36.5 Å². The Kier molecular flexibility index (Phi) is 4.62. The zero-order valence-corrected chi connectivity index (χ0v) is 14.2. The summed E-state index contributed by atoms with van der Waals surface area (Å²) in [5, 5.41) is 23.3. The highest BCUT2D eigenvalue weighted by atomic mass is 35.5. The number of pyridine rings is 1. The minimum absolute atomic E-state index is 0.00803. The summed E-state index contributed by atoms with van der Waals surface area (Å²) in [6, 6.07) is 5.99. The molecule has 0 fully saturated rings. The molecule has 10 heteroatoms. The third kappa shape index (κ3) is 3.24. The number of carboxylic acids is 1. The van der Waals surface area contributed by atoms with Crippen molar-refractivity contribution in [2.24, 2.45) is 0 Å². The van der Waals surface area contributed by atoms with E-state index in [2.05, 4.69) is 10.3 Å². The molecule has 0 saturated carbocycles. The fraction of sp³-hybridized carbons (Fsp3) is 0. The number of aromatic nitrogens is 1. The second-order valence-corrected chi connectivity index (χ2v) is 6.00. The maximum atomic E-state index is 13.3. The molecule has 7 nitrogen and oxygen atoms in total. The topological polar surface area (TPSA) is 105 Å². The number of nitro benzene ring substituents is 1. The summed E-state index contributed by atoms with van der Waals surface area (Å²) < 4.78 is 13.3. The van der Waals surface area contributed by atoms with E-state index in [0.29, 0.717) is 0 Å². The molecule has 0 bridgehead atoms. The Morgan fingerprint density at radius 3 is 2.58 bits per heavy atom. The van der Waals surface area contributed by atoms with Crippen molar-refractivity contribution in [3.63, 3.8) is 0 Å². The van der Waals surface area contributed by atoms with Crippen LogP contribution < -0.4 is 5.32 Å². The molecule has 0 amide bonds. The molecule has 1 heterocycles. The summed E-state index contributed by atoms with van der Waals surface area (Å²) in [7, 11) is 0. The summed E-state index contributed by atoms with van der Waals surface area (Å²) in [5.41, 5.74) is -0.0793. The lowest BCUT2D eigenvalue weighted by Gasteiger charge is -2.13.